The van der Waals surface area contributed by atoms with Gasteiger partial charge in [0.05, 0.1) is 11.7 Å². The molecule has 4 nitrogen and oxygen atoms in total. The van der Waals surface area contributed by atoms with E-state index in [1.807, 2.05) is 13.8 Å². The number of nitrogens with one attached hydrogen (secondary N) is 1. The Hall–Kier alpha value is -1.20. The average molecular weight is 251 g/mol. The third-order valence-electron chi connectivity index (χ3n) is 2.94. The molecular weight excluding hydrogens is 234 g/mol. The predicted molar refractivity (Wildman–Crippen MR) is 71.9 cm³/mol. The molecule has 0 aliphatic rings. The number of thiophene rings is 1. The number of aromatic nitrogens is 2. The maximum Gasteiger partial charge on any atom is 0.262 e. The van der Waals surface area contributed by atoms with Crippen LogP contribution in [0.1, 0.15) is 17.4 Å². The lowest BCUT2D eigenvalue weighted by molar-refractivity contribution is 0.596. The summed E-state index contributed by atoms with van der Waals surface area (Å²) in [5.41, 5.74) is 1.15. The number of likely N-dealkylation sites (N-methyl/N-ethyl adjacent to an activating group) is 1. The monoisotopic (exact) mass is 251 g/mol. The van der Waals surface area contributed by atoms with Crippen LogP contribution in [-0.2, 0) is 6.54 Å². The fourth-order valence-corrected chi connectivity index (χ4v) is 2.79. The van der Waals surface area contributed by atoms with Crippen molar-refractivity contribution in [1.29, 1.82) is 0 Å². The van der Waals surface area contributed by atoms with E-state index in [2.05, 4.69) is 17.2 Å². The van der Waals surface area contributed by atoms with Crippen molar-refractivity contribution in [3.63, 3.8) is 0 Å². The summed E-state index contributed by atoms with van der Waals surface area (Å²) in [4.78, 5) is 18.6. The van der Waals surface area contributed by atoms with Crippen LogP contribution in [0, 0.1) is 13.8 Å². The lowest BCUT2D eigenvalue weighted by Gasteiger charge is -2.05. The van der Waals surface area contributed by atoms with Gasteiger partial charge in [0.1, 0.15) is 4.83 Å². The molecule has 1 N–H and O–H groups in total. The lowest BCUT2D eigenvalue weighted by Crippen LogP contribution is -2.27. The average Bonchev–Trinajstić information content (AvgIpc) is 2.59. The molecule has 0 atom stereocenters. The van der Waals surface area contributed by atoms with Crippen LogP contribution in [0.25, 0.3) is 10.2 Å². The quantitative estimate of drug-likeness (QED) is 0.841. The Morgan fingerprint density at radius 3 is 2.94 bits per heavy atom. The molecule has 0 fully saturated rings. The second-order valence-corrected chi connectivity index (χ2v) is 5.26. The number of hydrogen-bond donors (Lipinski definition) is 1. The van der Waals surface area contributed by atoms with E-state index in [4.69, 9.17) is 0 Å². The van der Waals surface area contributed by atoms with Crippen LogP contribution in [0.2, 0.25) is 0 Å². The normalized spacial score (nSPS) is 11.2. The van der Waals surface area contributed by atoms with Crippen molar-refractivity contribution < 1.29 is 0 Å². The van der Waals surface area contributed by atoms with Crippen molar-refractivity contribution >= 4 is 21.6 Å². The molecule has 0 saturated carbocycles. The molecule has 5 heteroatoms. The minimum Gasteiger partial charge on any atom is -0.315 e. The first-order valence-electron chi connectivity index (χ1n) is 5.81. The van der Waals surface area contributed by atoms with Crippen LogP contribution in [0.5, 0.6) is 0 Å². The van der Waals surface area contributed by atoms with Crippen LogP contribution in [0.4, 0.5) is 0 Å². The molecule has 17 heavy (non-hydrogen) atoms. The van der Waals surface area contributed by atoms with Gasteiger partial charge < -0.3 is 5.32 Å². The highest BCUT2D eigenvalue weighted by molar-refractivity contribution is 7.18. The zero-order chi connectivity index (χ0) is 12.4. The Balaban J connectivity index is 2.43. The van der Waals surface area contributed by atoms with Gasteiger partial charge in [0.25, 0.3) is 5.56 Å². The molecule has 0 aromatic carbocycles. The number of hydrogen-bond acceptors (Lipinski definition) is 4. The van der Waals surface area contributed by atoms with E-state index in [9.17, 15) is 4.79 Å². The summed E-state index contributed by atoms with van der Waals surface area (Å²) in [6.45, 7) is 8.46. The highest BCUT2D eigenvalue weighted by atomic mass is 32.1. The first-order valence-corrected chi connectivity index (χ1v) is 6.62. The third kappa shape index (κ3) is 2.25. The van der Waals surface area contributed by atoms with Crippen molar-refractivity contribution in [2.24, 2.45) is 0 Å². The van der Waals surface area contributed by atoms with E-state index in [1.54, 1.807) is 22.2 Å². The highest BCUT2D eigenvalue weighted by Crippen LogP contribution is 2.25. The molecule has 0 spiro atoms. The van der Waals surface area contributed by atoms with Crippen molar-refractivity contribution in [2.75, 3.05) is 13.1 Å². The zero-order valence-electron chi connectivity index (χ0n) is 10.4. The number of fused-ring (bicyclic) bond motifs is 1. The summed E-state index contributed by atoms with van der Waals surface area (Å²) in [7, 11) is 0. The fourth-order valence-electron chi connectivity index (χ4n) is 1.81. The number of aryl methyl sites for hydroxylation is 2. The summed E-state index contributed by atoms with van der Waals surface area (Å²) in [6, 6.07) is 0. The van der Waals surface area contributed by atoms with Gasteiger partial charge in [-0.1, -0.05) is 6.92 Å². The molecule has 2 aromatic heterocycles. The molecule has 0 aliphatic heterocycles. The summed E-state index contributed by atoms with van der Waals surface area (Å²) < 4.78 is 1.68. The molecule has 0 aliphatic carbocycles. The first-order chi connectivity index (χ1) is 8.15. The molecule has 2 heterocycles. The Morgan fingerprint density at radius 2 is 2.24 bits per heavy atom. The van der Waals surface area contributed by atoms with Crippen LogP contribution >= 0.6 is 11.3 Å². The maximum absolute atomic E-state index is 12.3. The van der Waals surface area contributed by atoms with E-state index in [0.717, 1.165) is 28.9 Å². The van der Waals surface area contributed by atoms with Gasteiger partial charge >= 0.3 is 0 Å². The van der Waals surface area contributed by atoms with Gasteiger partial charge in [-0.15, -0.1) is 11.3 Å². The molecular formula is C12H17N3OS. The van der Waals surface area contributed by atoms with Gasteiger partial charge in [-0.3, -0.25) is 9.36 Å². The standard InChI is InChI=1S/C12H17N3OS/c1-4-13-5-6-15-7-14-11-10(12(15)16)8(2)9(3)17-11/h7,13H,4-6H2,1-3H3. The van der Waals surface area contributed by atoms with Gasteiger partial charge in [0.2, 0.25) is 0 Å². The van der Waals surface area contributed by atoms with E-state index in [0.29, 0.717) is 6.54 Å². The molecule has 0 radical (unpaired) electrons. The Morgan fingerprint density at radius 1 is 1.47 bits per heavy atom. The molecule has 0 amide bonds. The van der Waals surface area contributed by atoms with Crippen LogP contribution in [-0.4, -0.2) is 22.6 Å². The van der Waals surface area contributed by atoms with Gasteiger partial charge in [0.15, 0.2) is 0 Å². The maximum atomic E-state index is 12.3. The van der Waals surface area contributed by atoms with Gasteiger partial charge in [-0.25, -0.2) is 4.98 Å². The molecule has 92 valence electrons. The smallest absolute Gasteiger partial charge is 0.262 e. The predicted octanol–water partition coefficient (Wildman–Crippen LogP) is 1.68. The zero-order valence-corrected chi connectivity index (χ0v) is 11.2. The van der Waals surface area contributed by atoms with E-state index >= 15 is 0 Å². The van der Waals surface area contributed by atoms with Crippen molar-refractivity contribution in [1.82, 2.24) is 14.9 Å². The molecule has 0 unspecified atom stereocenters. The minimum absolute atomic E-state index is 0.0785. The topological polar surface area (TPSA) is 46.9 Å². The first kappa shape index (κ1) is 12.3. The fraction of sp³-hybridized carbons (Fsp3) is 0.500. The molecule has 0 saturated heterocycles. The summed E-state index contributed by atoms with van der Waals surface area (Å²) in [6.07, 6.45) is 1.65. The van der Waals surface area contributed by atoms with Crippen LogP contribution in [0.3, 0.4) is 0 Å². The van der Waals surface area contributed by atoms with Crippen molar-refractivity contribution in [3.05, 3.63) is 27.1 Å². The second kappa shape index (κ2) is 4.98. The highest BCUT2D eigenvalue weighted by Gasteiger charge is 2.11. The summed E-state index contributed by atoms with van der Waals surface area (Å²) in [5.74, 6) is 0. The SMILES string of the molecule is CCNCCn1cnc2sc(C)c(C)c2c1=O. The Bertz CT molecular complexity index is 585. The summed E-state index contributed by atoms with van der Waals surface area (Å²) in [5, 5.41) is 3.99. The third-order valence-corrected chi connectivity index (χ3v) is 4.05. The van der Waals surface area contributed by atoms with E-state index in [1.165, 1.54) is 4.88 Å². The Labute approximate surface area is 104 Å². The van der Waals surface area contributed by atoms with Gasteiger partial charge in [-0.2, -0.15) is 0 Å². The van der Waals surface area contributed by atoms with Crippen LogP contribution < -0.4 is 10.9 Å². The van der Waals surface area contributed by atoms with Gasteiger partial charge in [0, 0.05) is 18.0 Å². The van der Waals surface area contributed by atoms with Crippen molar-refractivity contribution in [2.45, 2.75) is 27.3 Å². The van der Waals surface area contributed by atoms with E-state index < -0.39 is 0 Å². The minimum atomic E-state index is 0.0785. The Kier molecular flexibility index (Phi) is 3.59. The summed E-state index contributed by atoms with van der Waals surface area (Å²) >= 11 is 1.59. The lowest BCUT2D eigenvalue weighted by atomic mass is 10.2. The van der Waals surface area contributed by atoms with Crippen molar-refractivity contribution in [3.8, 4) is 0 Å². The number of nitrogens with zero attached hydrogens (tertiary/aromatic N) is 2. The van der Waals surface area contributed by atoms with Gasteiger partial charge in [-0.05, 0) is 26.0 Å². The number of rotatable bonds is 4. The second-order valence-electron chi connectivity index (χ2n) is 4.06. The van der Waals surface area contributed by atoms with E-state index in [-0.39, 0.29) is 5.56 Å². The molecule has 2 aromatic rings. The largest absolute Gasteiger partial charge is 0.315 e. The van der Waals surface area contributed by atoms with Crippen LogP contribution in [0.15, 0.2) is 11.1 Å². The molecule has 2 rings (SSSR count). The molecule has 0 bridgehead atoms.